The first kappa shape index (κ1) is 25.0. The highest BCUT2D eigenvalue weighted by atomic mass is 16.5. The summed E-state index contributed by atoms with van der Waals surface area (Å²) in [6.45, 7) is 14.2. The third-order valence-corrected chi connectivity index (χ3v) is 6.20. The van der Waals surface area contributed by atoms with Crippen molar-refractivity contribution in [3.8, 4) is 11.5 Å². The molecule has 0 saturated carbocycles. The summed E-state index contributed by atoms with van der Waals surface area (Å²) in [6, 6.07) is 11.7. The Balaban J connectivity index is 2.27. The van der Waals surface area contributed by atoms with E-state index in [-0.39, 0.29) is 10.8 Å². The number of hydrogen-bond donors (Lipinski definition) is 4. The minimum absolute atomic E-state index is 0.161. The Morgan fingerprint density at radius 2 is 1.06 bits per heavy atom. The van der Waals surface area contributed by atoms with Gasteiger partial charge in [-0.05, 0) is 47.9 Å². The molecule has 172 valence electrons. The molecule has 2 rings (SSSR count). The second-order valence-electron chi connectivity index (χ2n) is 10.3. The van der Waals surface area contributed by atoms with E-state index < -0.39 is 0 Å². The zero-order chi connectivity index (χ0) is 23.4. The lowest BCUT2D eigenvalue weighted by Gasteiger charge is -2.32. The summed E-state index contributed by atoms with van der Waals surface area (Å²) in [7, 11) is 0. The minimum Gasteiger partial charge on any atom is -0.457 e. The zero-order valence-corrected chi connectivity index (χ0v) is 20.2. The molecule has 2 aromatic rings. The van der Waals surface area contributed by atoms with E-state index in [0.717, 1.165) is 24.0 Å². The fourth-order valence-electron chi connectivity index (χ4n) is 4.85. The molecule has 0 heterocycles. The van der Waals surface area contributed by atoms with Crippen LogP contribution in [0.1, 0.15) is 65.5 Å². The van der Waals surface area contributed by atoms with Crippen LogP contribution in [0.15, 0.2) is 36.4 Å². The fourth-order valence-corrected chi connectivity index (χ4v) is 4.85. The topological polar surface area (TPSA) is 113 Å². The van der Waals surface area contributed by atoms with Gasteiger partial charge in [-0.2, -0.15) is 0 Å². The van der Waals surface area contributed by atoms with Gasteiger partial charge in [0, 0.05) is 47.4 Å². The maximum atomic E-state index is 6.41. The van der Waals surface area contributed by atoms with E-state index in [0.29, 0.717) is 47.8 Å². The average Bonchev–Trinajstić information content (AvgIpc) is 2.66. The predicted molar refractivity (Wildman–Crippen MR) is 134 cm³/mol. The molecule has 0 aromatic heterocycles. The van der Waals surface area contributed by atoms with Crippen molar-refractivity contribution < 1.29 is 4.74 Å². The van der Waals surface area contributed by atoms with Crippen LogP contribution in [0, 0.1) is 11.8 Å². The maximum absolute atomic E-state index is 6.41. The Bertz CT molecular complexity index is 808. The van der Waals surface area contributed by atoms with Crippen molar-refractivity contribution in [3.63, 3.8) is 0 Å². The van der Waals surface area contributed by atoms with E-state index in [9.17, 15) is 0 Å². The first-order chi connectivity index (χ1) is 14.4. The van der Waals surface area contributed by atoms with E-state index >= 15 is 0 Å². The minimum atomic E-state index is -0.161. The van der Waals surface area contributed by atoms with E-state index in [1.807, 2.05) is 36.4 Å². The lowest BCUT2D eigenvalue weighted by Crippen LogP contribution is -2.34. The summed E-state index contributed by atoms with van der Waals surface area (Å²) < 4.78 is 6.08. The highest BCUT2D eigenvalue weighted by molar-refractivity contribution is 5.58. The first-order valence-corrected chi connectivity index (χ1v) is 11.3. The Labute approximate surface area is 188 Å². The molecule has 5 nitrogen and oxygen atoms in total. The molecule has 0 aliphatic carbocycles. The molecule has 2 atom stereocenters. The first-order valence-electron chi connectivity index (χ1n) is 11.3. The molecule has 8 N–H and O–H groups in total. The number of anilines is 2. The molecule has 2 unspecified atom stereocenters. The summed E-state index contributed by atoms with van der Waals surface area (Å²) in [6.07, 6.45) is 1.95. The second kappa shape index (κ2) is 9.92. The monoisotopic (exact) mass is 426 g/mol. The molecular weight excluding hydrogens is 384 g/mol. The quantitative estimate of drug-likeness (QED) is 0.391. The molecule has 0 bridgehead atoms. The molecule has 0 radical (unpaired) electrons. The van der Waals surface area contributed by atoms with Gasteiger partial charge in [-0.15, -0.1) is 0 Å². The van der Waals surface area contributed by atoms with Crippen LogP contribution in [0.25, 0.3) is 0 Å². The van der Waals surface area contributed by atoms with Crippen LogP contribution in [-0.4, -0.2) is 13.1 Å². The lowest BCUT2D eigenvalue weighted by molar-refractivity contribution is 0.377. The highest BCUT2D eigenvalue weighted by Gasteiger charge is 2.29. The van der Waals surface area contributed by atoms with Crippen molar-refractivity contribution in [2.24, 2.45) is 23.3 Å². The zero-order valence-electron chi connectivity index (χ0n) is 20.2. The van der Waals surface area contributed by atoms with Gasteiger partial charge in [-0.3, -0.25) is 0 Å². The van der Waals surface area contributed by atoms with Crippen LogP contribution in [0.4, 0.5) is 11.4 Å². The Hall–Kier alpha value is -2.24. The van der Waals surface area contributed by atoms with Crippen molar-refractivity contribution in [3.05, 3.63) is 47.5 Å². The number of rotatable bonds is 10. The molecule has 0 aliphatic rings. The van der Waals surface area contributed by atoms with Gasteiger partial charge in [0.15, 0.2) is 0 Å². The summed E-state index contributed by atoms with van der Waals surface area (Å²) in [4.78, 5) is 0. The number of nitrogen functional groups attached to an aromatic ring is 2. The predicted octanol–water partition coefficient (Wildman–Crippen LogP) is 5.17. The average molecular weight is 427 g/mol. The van der Waals surface area contributed by atoms with E-state index in [1.165, 1.54) is 0 Å². The van der Waals surface area contributed by atoms with Crippen LogP contribution < -0.4 is 27.7 Å². The van der Waals surface area contributed by atoms with Crippen LogP contribution in [0.2, 0.25) is 0 Å². The SMILES string of the molecule is CC(C)CC(C)(CN)c1ccc(Oc2ccc(C(C)(CN)CC(C)C)c(N)c2)cc1N. The summed E-state index contributed by atoms with van der Waals surface area (Å²) >= 11 is 0. The smallest absolute Gasteiger partial charge is 0.129 e. The lowest BCUT2D eigenvalue weighted by atomic mass is 9.75. The van der Waals surface area contributed by atoms with Crippen molar-refractivity contribution in [1.82, 2.24) is 0 Å². The number of benzene rings is 2. The van der Waals surface area contributed by atoms with E-state index in [2.05, 4.69) is 41.5 Å². The molecule has 0 fully saturated rings. The Morgan fingerprint density at radius 3 is 1.32 bits per heavy atom. The van der Waals surface area contributed by atoms with Gasteiger partial charge < -0.3 is 27.7 Å². The molecule has 5 heteroatoms. The van der Waals surface area contributed by atoms with Gasteiger partial charge in [0.05, 0.1) is 0 Å². The van der Waals surface area contributed by atoms with Gasteiger partial charge in [-0.1, -0.05) is 53.7 Å². The van der Waals surface area contributed by atoms with Gasteiger partial charge in [0.25, 0.3) is 0 Å². The van der Waals surface area contributed by atoms with Crippen LogP contribution in [0.3, 0.4) is 0 Å². The molecule has 0 saturated heterocycles. The molecule has 0 spiro atoms. The Kier molecular flexibility index (Phi) is 8.01. The largest absolute Gasteiger partial charge is 0.457 e. The molecule has 0 amide bonds. The summed E-state index contributed by atoms with van der Waals surface area (Å²) in [5, 5.41) is 0. The van der Waals surface area contributed by atoms with Gasteiger partial charge in [0.1, 0.15) is 11.5 Å². The number of ether oxygens (including phenoxy) is 1. The van der Waals surface area contributed by atoms with Crippen molar-refractivity contribution in [2.75, 3.05) is 24.6 Å². The molecule has 0 aliphatic heterocycles. The van der Waals surface area contributed by atoms with E-state index in [1.54, 1.807) is 0 Å². The van der Waals surface area contributed by atoms with Gasteiger partial charge in [0.2, 0.25) is 0 Å². The van der Waals surface area contributed by atoms with Crippen LogP contribution >= 0.6 is 0 Å². The third-order valence-electron chi connectivity index (χ3n) is 6.20. The molecule has 2 aromatic carbocycles. The fraction of sp³-hybridized carbons (Fsp3) is 0.538. The number of nitrogens with two attached hydrogens (primary N) is 4. The van der Waals surface area contributed by atoms with Gasteiger partial charge in [-0.25, -0.2) is 0 Å². The third kappa shape index (κ3) is 5.92. The summed E-state index contributed by atoms with van der Waals surface area (Å²) in [5.74, 6) is 2.42. The summed E-state index contributed by atoms with van der Waals surface area (Å²) in [5.41, 5.74) is 28.3. The van der Waals surface area contributed by atoms with E-state index in [4.69, 9.17) is 27.7 Å². The highest BCUT2D eigenvalue weighted by Crippen LogP contribution is 2.38. The van der Waals surface area contributed by atoms with Crippen LogP contribution in [-0.2, 0) is 10.8 Å². The number of hydrogen-bond acceptors (Lipinski definition) is 5. The van der Waals surface area contributed by atoms with Crippen molar-refractivity contribution in [2.45, 2.75) is 65.2 Å². The van der Waals surface area contributed by atoms with Gasteiger partial charge >= 0.3 is 0 Å². The normalized spacial score (nSPS) is 15.7. The second-order valence-corrected chi connectivity index (χ2v) is 10.3. The van der Waals surface area contributed by atoms with Crippen molar-refractivity contribution in [1.29, 1.82) is 0 Å². The molecule has 31 heavy (non-hydrogen) atoms. The molecular formula is C26H42N4O. The standard InChI is InChI=1S/C26H42N4O/c1-17(2)13-25(5,15-27)21-9-7-19(11-23(21)29)31-20-8-10-22(24(30)12-20)26(6,16-28)14-18(3)4/h7-12,17-18H,13-16,27-30H2,1-6H3. The Morgan fingerprint density at radius 1 is 0.710 bits per heavy atom. The van der Waals surface area contributed by atoms with Crippen LogP contribution in [0.5, 0.6) is 11.5 Å². The maximum Gasteiger partial charge on any atom is 0.129 e. The van der Waals surface area contributed by atoms with Crippen molar-refractivity contribution >= 4 is 11.4 Å².